The Morgan fingerprint density at radius 1 is 1.50 bits per heavy atom. The number of nitrogens with two attached hydrogens (primary N) is 2. The van der Waals surface area contributed by atoms with Crippen molar-refractivity contribution >= 4 is 34.8 Å². The highest BCUT2D eigenvalue weighted by atomic mass is 35.5. The van der Waals surface area contributed by atoms with Gasteiger partial charge >= 0.3 is 11.8 Å². The summed E-state index contributed by atoms with van der Waals surface area (Å²) in [6.07, 6.45) is 0. The van der Waals surface area contributed by atoms with E-state index in [4.69, 9.17) is 27.8 Å². The first kappa shape index (κ1) is 15.6. The van der Waals surface area contributed by atoms with Crippen LogP contribution >= 0.6 is 11.6 Å². The Morgan fingerprint density at radius 2 is 2.10 bits per heavy atom. The Bertz CT molecular complexity index is 598. The maximum Gasteiger partial charge on any atom is 0.407 e. The zero-order valence-corrected chi connectivity index (χ0v) is 11.5. The van der Waals surface area contributed by atoms with Crippen LogP contribution in [0.3, 0.4) is 0 Å². The van der Waals surface area contributed by atoms with Crippen molar-refractivity contribution < 1.29 is 14.5 Å². The Kier molecular flexibility index (Phi) is 4.81. The van der Waals surface area contributed by atoms with Gasteiger partial charge in [-0.1, -0.05) is 0 Å². The van der Waals surface area contributed by atoms with Crippen LogP contribution in [0.2, 0.25) is 5.15 Å². The Morgan fingerprint density at radius 3 is 2.55 bits per heavy atom. The van der Waals surface area contributed by atoms with Crippen LogP contribution < -0.4 is 11.5 Å². The molecule has 1 heterocycles. The van der Waals surface area contributed by atoms with E-state index in [9.17, 15) is 14.9 Å². The number of aromatic nitrogens is 2. The number of anilines is 1. The van der Waals surface area contributed by atoms with E-state index in [1.165, 1.54) is 6.92 Å². The van der Waals surface area contributed by atoms with Gasteiger partial charge in [-0.05, 0) is 35.4 Å². The Labute approximate surface area is 118 Å². The molecule has 0 aliphatic carbocycles. The van der Waals surface area contributed by atoms with Crippen molar-refractivity contribution in [1.82, 2.24) is 9.97 Å². The van der Waals surface area contributed by atoms with Gasteiger partial charge in [0.05, 0.1) is 6.61 Å². The smallest absolute Gasteiger partial charge is 0.407 e. The summed E-state index contributed by atoms with van der Waals surface area (Å²) in [7, 11) is 0. The third-order valence-corrected chi connectivity index (χ3v) is 2.41. The first-order valence-corrected chi connectivity index (χ1v) is 5.78. The second-order valence-corrected chi connectivity index (χ2v) is 3.97. The van der Waals surface area contributed by atoms with E-state index >= 15 is 0 Å². The van der Waals surface area contributed by atoms with Crippen molar-refractivity contribution in [2.75, 3.05) is 12.3 Å². The monoisotopic (exact) mass is 301 g/mol. The van der Waals surface area contributed by atoms with Crippen molar-refractivity contribution in [2.45, 2.75) is 13.8 Å². The van der Waals surface area contributed by atoms with Crippen LogP contribution in [0.5, 0.6) is 0 Å². The highest BCUT2D eigenvalue weighted by Crippen LogP contribution is 2.28. The van der Waals surface area contributed by atoms with Gasteiger partial charge < -0.3 is 26.3 Å². The van der Waals surface area contributed by atoms with Crippen molar-refractivity contribution in [3.63, 3.8) is 0 Å². The highest BCUT2D eigenvalue weighted by molar-refractivity contribution is 6.33. The van der Waals surface area contributed by atoms with E-state index < -0.39 is 22.5 Å². The topological polar surface area (TPSA) is 147 Å². The van der Waals surface area contributed by atoms with Gasteiger partial charge in [0.25, 0.3) is 5.15 Å². The van der Waals surface area contributed by atoms with Gasteiger partial charge in [-0.15, -0.1) is 0 Å². The lowest BCUT2D eigenvalue weighted by Crippen LogP contribution is -2.15. The number of hydrogen-bond acceptors (Lipinski definition) is 8. The minimum atomic E-state index is -0.832. The van der Waals surface area contributed by atoms with Crippen molar-refractivity contribution in [2.24, 2.45) is 5.73 Å². The van der Waals surface area contributed by atoms with Crippen LogP contribution in [-0.4, -0.2) is 27.5 Å². The molecular weight excluding hydrogens is 290 g/mol. The summed E-state index contributed by atoms with van der Waals surface area (Å²) in [5.74, 6) is -1.94. The first-order valence-electron chi connectivity index (χ1n) is 5.40. The normalized spacial score (nSPS) is 11.8. The molecule has 20 heavy (non-hydrogen) atoms. The fraction of sp³-hybridized carbons (Fsp3) is 0.300. The first-order chi connectivity index (χ1) is 9.29. The highest BCUT2D eigenvalue weighted by Gasteiger charge is 2.27. The number of ether oxygens (including phenoxy) is 1. The van der Waals surface area contributed by atoms with Gasteiger partial charge in [-0.25, -0.2) is 9.78 Å². The molecule has 0 spiro atoms. The SMILES string of the molecule is CCOC(=O)C(=C(C)N)c1nc(N)c([N+](=O)[O-])nc1Cl. The Hall–Kier alpha value is -2.42. The number of esters is 1. The third kappa shape index (κ3) is 3.12. The van der Waals surface area contributed by atoms with Crippen LogP contribution in [0, 0.1) is 10.1 Å². The number of nitrogen functional groups attached to an aromatic ring is 1. The van der Waals surface area contributed by atoms with Gasteiger partial charge in [0.15, 0.2) is 0 Å². The van der Waals surface area contributed by atoms with Crippen molar-refractivity contribution in [1.29, 1.82) is 0 Å². The largest absolute Gasteiger partial charge is 0.462 e. The van der Waals surface area contributed by atoms with E-state index in [0.717, 1.165) is 0 Å². The zero-order valence-electron chi connectivity index (χ0n) is 10.7. The average molecular weight is 302 g/mol. The summed E-state index contributed by atoms with van der Waals surface area (Å²) in [5.41, 5.74) is 10.8. The zero-order chi connectivity index (χ0) is 15.4. The van der Waals surface area contributed by atoms with E-state index in [2.05, 4.69) is 9.97 Å². The molecule has 0 saturated carbocycles. The molecule has 0 unspecified atom stereocenters. The van der Waals surface area contributed by atoms with Gasteiger partial charge in [0, 0.05) is 5.70 Å². The molecule has 0 aromatic carbocycles. The van der Waals surface area contributed by atoms with Gasteiger partial charge in [-0.2, -0.15) is 0 Å². The lowest BCUT2D eigenvalue weighted by molar-refractivity contribution is -0.388. The van der Waals surface area contributed by atoms with Crippen LogP contribution in [0.15, 0.2) is 5.70 Å². The molecule has 9 nitrogen and oxygen atoms in total. The molecule has 1 aromatic heterocycles. The predicted octanol–water partition coefficient (Wildman–Crippen LogP) is 0.873. The average Bonchev–Trinajstić information content (AvgIpc) is 2.32. The summed E-state index contributed by atoms with van der Waals surface area (Å²) >= 11 is 5.80. The molecule has 0 saturated heterocycles. The number of nitrogens with zero attached hydrogens (tertiary/aromatic N) is 3. The van der Waals surface area contributed by atoms with E-state index in [1.54, 1.807) is 6.92 Å². The summed E-state index contributed by atoms with van der Waals surface area (Å²) in [6, 6.07) is 0. The van der Waals surface area contributed by atoms with E-state index in [1.807, 2.05) is 0 Å². The van der Waals surface area contributed by atoms with Gasteiger partial charge in [-0.3, -0.25) is 0 Å². The molecule has 0 amide bonds. The molecule has 0 aliphatic heterocycles. The van der Waals surface area contributed by atoms with Gasteiger partial charge in [0.1, 0.15) is 11.3 Å². The fourth-order valence-electron chi connectivity index (χ4n) is 1.36. The van der Waals surface area contributed by atoms with Crippen molar-refractivity contribution in [3.05, 3.63) is 26.7 Å². The minimum absolute atomic E-state index is 0.0768. The summed E-state index contributed by atoms with van der Waals surface area (Å²) in [6.45, 7) is 3.16. The summed E-state index contributed by atoms with van der Waals surface area (Å²) < 4.78 is 4.81. The lowest BCUT2D eigenvalue weighted by atomic mass is 10.1. The van der Waals surface area contributed by atoms with Gasteiger partial charge in [0.2, 0.25) is 5.82 Å². The van der Waals surface area contributed by atoms with Crippen LogP contribution in [0.25, 0.3) is 5.57 Å². The summed E-state index contributed by atoms with van der Waals surface area (Å²) in [4.78, 5) is 28.9. The quantitative estimate of drug-likeness (QED) is 0.360. The number of carbonyl (C=O) groups is 1. The molecule has 1 rings (SSSR count). The second kappa shape index (κ2) is 6.15. The third-order valence-electron chi connectivity index (χ3n) is 2.14. The number of carbonyl (C=O) groups excluding carboxylic acids is 1. The molecule has 0 atom stereocenters. The van der Waals surface area contributed by atoms with Crippen molar-refractivity contribution in [3.8, 4) is 0 Å². The maximum absolute atomic E-state index is 11.8. The Balaban J connectivity index is 3.45. The van der Waals surface area contributed by atoms with Crippen LogP contribution in [0.4, 0.5) is 11.6 Å². The molecule has 10 heteroatoms. The van der Waals surface area contributed by atoms with E-state index in [-0.39, 0.29) is 28.7 Å². The summed E-state index contributed by atoms with van der Waals surface area (Å²) in [5, 5.41) is 10.3. The molecular formula is C10H12ClN5O4. The standard InChI is InChI=1S/C10H12ClN5O4/c1-3-20-10(17)5(4(2)12)6-7(11)15-9(16(18)19)8(13)14-6/h3,12H2,1-2H3,(H2,13,14). The molecule has 0 radical (unpaired) electrons. The number of nitro groups is 1. The number of hydrogen-bond donors (Lipinski definition) is 2. The minimum Gasteiger partial charge on any atom is -0.462 e. The predicted molar refractivity (Wildman–Crippen MR) is 71.5 cm³/mol. The molecule has 0 aliphatic rings. The van der Waals surface area contributed by atoms with E-state index in [0.29, 0.717) is 0 Å². The molecule has 0 bridgehead atoms. The maximum atomic E-state index is 11.8. The number of rotatable bonds is 4. The van der Waals surface area contributed by atoms with Crippen LogP contribution in [0.1, 0.15) is 19.5 Å². The number of allylic oxidation sites excluding steroid dienone is 1. The molecule has 0 fully saturated rings. The molecule has 1 aromatic rings. The molecule has 108 valence electrons. The number of halogens is 1. The molecule has 4 N–H and O–H groups in total. The second-order valence-electron chi connectivity index (χ2n) is 3.61. The van der Waals surface area contributed by atoms with Crippen LogP contribution in [-0.2, 0) is 9.53 Å². The lowest BCUT2D eigenvalue weighted by Gasteiger charge is -2.08. The fourth-order valence-corrected chi connectivity index (χ4v) is 1.58.